The maximum absolute atomic E-state index is 12.4. The van der Waals surface area contributed by atoms with Crippen LogP contribution in [0.4, 0.5) is 0 Å². The second kappa shape index (κ2) is 8.18. The van der Waals surface area contributed by atoms with E-state index in [1.54, 1.807) is 0 Å². The third kappa shape index (κ3) is 4.63. The van der Waals surface area contributed by atoms with Gasteiger partial charge in [-0.1, -0.05) is 55.4 Å². The molecule has 3 aromatic rings. The number of rotatable bonds is 4. The van der Waals surface area contributed by atoms with Crippen LogP contribution in [0.5, 0.6) is 0 Å². The molecule has 0 aliphatic heterocycles. The van der Waals surface area contributed by atoms with Crippen molar-refractivity contribution in [3.8, 4) is 5.69 Å². The molecule has 0 radical (unpaired) electrons. The van der Waals surface area contributed by atoms with E-state index in [-0.39, 0.29) is 17.8 Å². The van der Waals surface area contributed by atoms with E-state index in [0.717, 1.165) is 35.4 Å². The fraction of sp³-hybridized carbons (Fsp3) is 0.333. The van der Waals surface area contributed by atoms with Crippen molar-refractivity contribution in [3.05, 3.63) is 88.2 Å². The van der Waals surface area contributed by atoms with Crippen molar-refractivity contribution in [1.82, 2.24) is 4.57 Å². The van der Waals surface area contributed by atoms with Gasteiger partial charge >= 0.3 is 5.97 Å². The molecule has 31 heavy (non-hydrogen) atoms. The quantitative estimate of drug-likeness (QED) is 0.396. The van der Waals surface area contributed by atoms with Gasteiger partial charge in [-0.2, -0.15) is 0 Å². The zero-order chi connectivity index (χ0) is 22.2. The lowest BCUT2D eigenvalue weighted by Crippen LogP contribution is -2.28. The zero-order valence-corrected chi connectivity index (χ0v) is 19.0. The van der Waals surface area contributed by atoms with E-state index in [1.165, 1.54) is 22.5 Å². The van der Waals surface area contributed by atoms with Crippen LogP contribution in [0.2, 0.25) is 0 Å². The van der Waals surface area contributed by atoms with Crippen molar-refractivity contribution in [2.24, 2.45) is 10.6 Å². The van der Waals surface area contributed by atoms with Crippen LogP contribution in [0.1, 0.15) is 53.9 Å². The highest BCUT2D eigenvalue weighted by atomic mass is 16.7. The molecule has 0 spiro atoms. The number of nitrogens with zero attached hydrogens (tertiary/aromatic N) is 2. The summed E-state index contributed by atoms with van der Waals surface area (Å²) in [6, 6.07) is 18.4. The van der Waals surface area contributed by atoms with Gasteiger partial charge in [0.1, 0.15) is 0 Å². The highest BCUT2D eigenvalue weighted by Crippen LogP contribution is 2.38. The third-order valence-electron chi connectivity index (χ3n) is 5.80. The minimum absolute atomic E-state index is 0.0269. The van der Waals surface area contributed by atoms with Gasteiger partial charge in [0.05, 0.1) is 12.1 Å². The number of hydrogen-bond donors (Lipinski definition) is 0. The molecule has 0 fully saturated rings. The van der Waals surface area contributed by atoms with Crippen LogP contribution < -0.4 is 0 Å². The van der Waals surface area contributed by atoms with E-state index in [1.807, 2.05) is 30.3 Å². The molecule has 0 bridgehead atoms. The SMILES string of the molecule is Cc1cc(C)cc(-n2c(C)cc3c2CC(C)(C)C/C3=N\OC(=O)Cc2ccccc2)c1. The van der Waals surface area contributed by atoms with Gasteiger partial charge in [0.15, 0.2) is 0 Å². The number of aryl methyl sites for hydroxylation is 3. The first-order valence-electron chi connectivity index (χ1n) is 10.8. The topological polar surface area (TPSA) is 43.6 Å². The minimum atomic E-state index is -0.339. The summed E-state index contributed by atoms with van der Waals surface area (Å²) >= 11 is 0. The predicted molar refractivity (Wildman–Crippen MR) is 125 cm³/mol. The molecule has 4 rings (SSSR count). The van der Waals surface area contributed by atoms with Crippen LogP contribution in [-0.4, -0.2) is 16.2 Å². The van der Waals surface area contributed by atoms with Crippen LogP contribution in [0, 0.1) is 26.2 Å². The molecule has 1 aliphatic rings. The molecule has 0 atom stereocenters. The van der Waals surface area contributed by atoms with Gasteiger partial charge < -0.3 is 9.40 Å². The number of fused-ring (bicyclic) bond motifs is 1. The lowest BCUT2D eigenvalue weighted by Gasteiger charge is -2.31. The molecule has 0 saturated heterocycles. The maximum atomic E-state index is 12.4. The summed E-state index contributed by atoms with van der Waals surface area (Å²) in [7, 11) is 0. The molecule has 0 unspecified atom stereocenters. The van der Waals surface area contributed by atoms with E-state index in [0.29, 0.717) is 0 Å². The Hall–Kier alpha value is -3.14. The van der Waals surface area contributed by atoms with Crippen molar-refractivity contribution < 1.29 is 9.63 Å². The van der Waals surface area contributed by atoms with Crippen LogP contribution >= 0.6 is 0 Å². The van der Waals surface area contributed by atoms with Gasteiger partial charge in [-0.25, -0.2) is 4.79 Å². The Morgan fingerprint density at radius 3 is 2.35 bits per heavy atom. The first kappa shape index (κ1) is 21.1. The molecule has 0 amide bonds. The normalized spacial score (nSPS) is 16.2. The average molecular weight is 415 g/mol. The van der Waals surface area contributed by atoms with Gasteiger partial charge in [0, 0.05) is 22.6 Å². The molecule has 0 saturated carbocycles. The Morgan fingerprint density at radius 2 is 1.68 bits per heavy atom. The number of oxime groups is 1. The van der Waals surface area contributed by atoms with E-state index in [4.69, 9.17) is 4.84 Å². The largest absolute Gasteiger partial charge is 0.339 e. The van der Waals surface area contributed by atoms with Crippen LogP contribution in [-0.2, 0) is 22.5 Å². The molecule has 1 heterocycles. The number of aromatic nitrogens is 1. The Balaban J connectivity index is 1.68. The van der Waals surface area contributed by atoms with Crippen molar-refractivity contribution in [3.63, 3.8) is 0 Å². The predicted octanol–water partition coefficient (Wildman–Crippen LogP) is 5.86. The summed E-state index contributed by atoms with van der Waals surface area (Å²) in [5.74, 6) is -0.339. The molecule has 0 N–H and O–H groups in total. The first-order chi connectivity index (χ1) is 14.7. The summed E-state index contributed by atoms with van der Waals surface area (Å²) in [4.78, 5) is 17.7. The van der Waals surface area contributed by atoms with E-state index >= 15 is 0 Å². The Morgan fingerprint density at radius 1 is 1.00 bits per heavy atom. The second-order valence-corrected chi connectivity index (χ2v) is 9.51. The van der Waals surface area contributed by atoms with Crippen molar-refractivity contribution in [2.75, 3.05) is 0 Å². The molecular formula is C27H30N2O2. The van der Waals surface area contributed by atoms with Gasteiger partial charge in [-0.15, -0.1) is 0 Å². The van der Waals surface area contributed by atoms with Crippen LogP contribution in [0.15, 0.2) is 59.8 Å². The molecule has 160 valence electrons. The number of carbonyl (C=O) groups is 1. The number of benzene rings is 2. The summed E-state index contributed by atoms with van der Waals surface area (Å²) in [6.45, 7) is 10.9. The number of hydrogen-bond acceptors (Lipinski definition) is 3. The van der Waals surface area contributed by atoms with Gasteiger partial charge in [-0.3, -0.25) is 0 Å². The smallest absolute Gasteiger partial charge is 0.318 e. The lowest BCUT2D eigenvalue weighted by atomic mass is 9.76. The zero-order valence-electron chi connectivity index (χ0n) is 19.0. The fourth-order valence-electron chi connectivity index (χ4n) is 4.60. The molecular weight excluding hydrogens is 384 g/mol. The van der Waals surface area contributed by atoms with E-state index < -0.39 is 0 Å². The van der Waals surface area contributed by atoms with E-state index in [9.17, 15) is 4.79 Å². The van der Waals surface area contributed by atoms with Gasteiger partial charge in [-0.05, 0) is 73.9 Å². The highest BCUT2D eigenvalue weighted by molar-refractivity contribution is 6.03. The van der Waals surface area contributed by atoms with Crippen molar-refractivity contribution >= 4 is 11.7 Å². The highest BCUT2D eigenvalue weighted by Gasteiger charge is 2.33. The molecule has 1 aromatic heterocycles. The monoisotopic (exact) mass is 414 g/mol. The molecule has 1 aliphatic carbocycles. The maximum Gasteiger partial charge on any atom is 0.339 e. The van der Waals surface area contributed by atoms with Crippen LogP contribution in [0.3, 0.4) is 0 Å². The summed E-state index contributed by atoms with van der Waals surface area (Å²) < 4.78 is 2.33. The average Bonchev–Trinajstić information content (AvgIpc) is 3.01. The standard InChI is InChI=1S/C27H30N2O2/c1-18-11-19(2)13-22(12-18)29-20(3)14-23-24(16-27(4,5)17-25(23)29)28-31-26(30)15-21-9-7-6-8-10-21/h6-14H,15-17H2,1-5H3/b28-24+. The van der Waals surface area contributed by atoms with Crippen molar-refractivity contribution in [1.29, 1.82) is 0 Å². The molecule has 2 aromatic carbocycles. The minimum Gasteiger partial charge on any atom is -0.318 e. The van der Waals surface area contributed by atoms with Gasteiger partial charge in [0.2, 0.25) is 0 Å². The number of carbonyl (C=O) groups excluding carboxylic acids is 1. The third-order valence-corrected chi connectivity index (χ3v) is 5.80. The van der Waals surface area contributed by atoms with Crippen LogP contribution in [0.25, 0.3) is 5.69 Å². The summed E-state index contributed by atoms with van der Waals surface area (Å²) in [5.41, 5.74) is 8.95. The summed E-state index contributed by atoms with van der Waals surface area (Å²) in [6.07, 6.45) is 1.94. The van der Waals surface area contributed by atoms with Gasteiger partial charge in [0.25, 0.3) is 0 Å². The first-order valence-corrected chi connectivity index (χ1v) is 10.8. The lowest BCUT2D eigenvalue weighted by molar-refractivity contribution is -0.142. The molecule has 4 heteroatoms. The van der Waals surface area contributed by atoms with E-state index in [2.05, 4.69) is 68.6 Å². The Kier molecular flexibility index (Phi) is 5.57. The summed E-state index contributed by atoms with van der Waals surface area (Å²) in [5, 5.41) is 4.35. The Bertz CT molecular complexity index is 1130. The second-order valence-electron chi connectivity index (χ2n) is 9.51. The van der Waals surface area contributed by atoms with Crippen molar-refractivity contribution in [2.45, 2.75) is 53.9 Å². The molecule has 4 nitrogen and oxygen atoms in total. The fourth-order valence-corrected chi connectivity index (χ4v) is 4.60. The Labute approximate surface area is 184 Å².